The van der Waals surface area contributed by atoms with Crippen molar-refractivity contribution in [1.82, 2.24) is 0 Å². The molecule has 0 bridgehead atoms. The van der Waals surface area contributed by atoms with Gasteiger partial charge < -0.3 is 9.47 Å². The summed E-state index contributed by atoms with van der Waals surface area (Å²) in [6.45, 7) is 4.21. The van der Waals surface area contributed by atoms with Gasteiger partial charge in [-0.3, -0.25) is 0 Å². The molecule has 0 saturated carbocycles. The predicted octanol–water partition coefficient (Wildman–Crippen LogP) is 4.26. The molecule has 24 heavy (non-hydrogen) atoms. The predicted molar refractivity (Wildman–Crippen MR) is 87.4 cm³/mol. The van der Waals surface area contributed by atoms with Gasteiger partial charge in [0.05, 0.1) is 17.7 Å². The lowest BCUT2D eigenvalue weighted by Crippen LogP contribution is -2.08. The van der Waals surface area contributed by atoms with E-state index in [1.165, 1.54) is 12.1 Å². The minimum atomic E-state index is -0.730. The van der Waals surface area contributed by atoms with Crippen LogP contribution in [0.15, 0.2) is 55.1 Å². The van der Waals surface area contributed by atoms with E-state index in [0.29, 0.717) is 17.9 Å². The van der Waals surface area contributed by atoms with Crippen LogP contribution < -0.4 is 9.47 Å². The van der Waals surface area contributed by atoms with Crippen LogP contribution in [0, 0.1) is 17.1 Å². The lowest BCUT2D eigenvalue weighted by molar-refractivity contribution is 0.0734. The lowest BCUT2D eigenvalue weighted by atomic mass is 10.2. The fourth-order valence-electron chi connectivity index (χ4n) is 1.92. The third-order valence-corrected chi connectivity index (χ3v) is 3.18. The molecular formula is C19H16FNO3. The van der Waals surface area contributed by atoms with Crippen molar-refractivity contribution >= 4 is 5.97 Å². The van der Waals surface area contributed by atoms with Crippen molar-refractivity contribution in [3.63, 3.8) is 0 Å². The van der Waals surface area contributed by atoms with E-state index < -0.39 is 11.8 Å². The van der Waals surface area contributed by atoms with Gasteiger partial charge in [0.1, 0.15) is 23.4 Å². The summed E-state index contributed by atoms with van der Waals surface area (Å²) in [4.78, 5) is 12.0. The van der Waals surface area contributed by atoms with Crippen LogP contribution in [0.1, 0.15) is 28.8 Å². The second-order valence-electron chi connectivity index (χ2n) is 4.95. The van der Waals surface area contributed by atoms with Crippen LogP contribution in [-0.4, -0.2) is 12.6 Å². The highest BCUT2D eigenvalue weighted by Gasteiger charge is 2.11. The number of hydrogen-bond donors (Lipinski definition) is 0. The van der Waals surface area contributed by atoms with Crippen molar-refractivity contribution in [2.75, 3.05) is 6.61 Å². The zero-order chi connectivity index (χ0) is 17.4. The van der Waals surface area contributed by atoms with E-state index in [4.69, 9.17) is 14.7 Å². The van der Waals surface area contributed by atoms with Crippen LogP contribution in [0.25, 0.3) is 0 Å². The summed E-state index contributed by atoms with van der Waals surface area (Å²) in [5.41, 5.74) is 0.214. The molecule has 0 saturated heterocycles. The minimum absolute atomic E-state index is 0.0428. The number of carbonyl (C=O) groups excluding carboxylic acids is 1. The van der Waals surface area contributed by atoms with Crippen molar-refractivity contribution in [2.45, 2.75) is 12.8 Å². The molecule has 0 unspecified atom stereocenters. The summed E-state index contributed by atoms with van der Waals surface area (Å²) >= 11 is 0. The molecular weight excluding hydrogens is 309 g/mol. The van der Waals surface area contributed by atoms with Crippen LogP contribution in [0.5, 0.6) is 11.5 Å². The topological polar surface area (TPSA) is 59.3 Å². The largest absolute Gasteiger partial charge is 0.494 e. The first-order chi connectivity index (χ1) is 11.6. The van der Waals surface area contributed by atoms with Crippen molar-refractivity contribution in [2.24, 2.45) is 0 Å². The molecule has 5 heteroatoms. The number of nitriles is 1. The molecule has 0 aliphatic carbocycles. The molecule has 2 rings (SSSR count). The average molecular weight is 325 g/mol. The monoisotopic (exact) mass is 325 g/mol. The second kappa shape index (κ2) is 8.49. The molecule has 0 aliphatic heterocycles. The SMILES string of the molecule is C=CCCCOc1ccc(C(=O)Oc2ccc(C#N)c(F)c2)cc1. The summed E-state index contributed by atoms with van der Waals surface area (Å²) < 4.78 is 24.1. The first kappa shape index (κ1) is 17.2. The van der Waals surface area contributed by atoms with E-state index in [1.54, 1.807) is 30.3 Å². The highest BCUT2D eigenvalue weighted by atomic mass is 19.1. The number of nitrogens with zero attached hydrogens (tertiary/aromatic N) is 1. The van der Waals surface area contributed by atoms with Gasteiger partial charge in [0.2, 0.25) is 0 Å². The summed E-state index contributed by atoms with van der Waals surface area (Å²) in [7, 11) is 0. The van der Waals surface area contributed by atoms with Crippen LogP contribution in [-0.2, 0) is 0 Å². The average Bonchev–Trinajstić information content (AvgIpc) is 2.59. The number of rotatable bonds is 7. The van der Waals surface area contributed by atoms with E-state index >= 15 is 0 Å². The molecule has 2 aromatic carbocycles. The van der Waals surface area contributed by atoms with E-state index in [0.717, 1.165) is 18.9 Å². The third kappa shape index (κ3) is 4.68. The molecule has 0 N–H and O–H groups in total. The number of carbonyl (C=O) groups is 1. The Kier molecular flexibility index (Phi) is 6.09. The standard InChI is InChI=1S/C19H16FNO3/c1-2-3-4-11-23-16-8-5-14(6-9-16)19(22)24-17-10-7-15(13-21)18(20)12-17/h2,5-10,12H,1,3-4,11H2. The fourth-order valence-corrected chi connectivity index (χ4v) is 1.92. The van der Waals surface area contributed by atoms with Gasteiger partial charge in [-0.25, -0.2) is 9.18 Å². The Hall–Kier alpha value is -3.13. The fraction of sp³-hybridized carbons (Fsp3) is 0.158. The molecule has 0 spiro atoms. The Morgan fingerprint density at radius 1 is 1.21 bits per heavy atom. The maximum atomic E-state index is 13.5. The molecule has 4 nitrogen and oxygen atoms in total. The van der Waals surface area contributed by atoms with Gasteiger partial charge in [-0.1, -0.05) is 6.08 Å². The summed E-state index contributed by atoms with van der Waals surface area (Å²) in [5.74, 6) is -0.648. The Balaban J connectivity index is 1.96. The molecule has 0 aromatic heterocycles. The highest BCUT2D eigenvalue weighted by molar-refractivity contribution is 5.91. The number of hydrogen-bond acceptors (Lipinski definition) is 4. The van der Waals surface area contributed by atoms with Gasteiger partial charge in [-0.05, 0) is 49.2 Å². The lowest BCUT2D eigenvalue weighted by Gasteiger charge is -2.07. The third-order valence-electron chi connectivity index (χ3n) is 3.18. The van der Waals surface area contributed by atoms with Gasteiger partial charge in [0.15, 0.2) is 0 Å². The number of esters is 1. The number of allylic oxidation sites excluding steroid dienone is 1. The van der Waals surface area contributed by atoms with Gasteiger partial charge in [0, 0.05) is 6.07 Å². The van der Waals surface area contributed by atoms with Gasteiger partial charge in [-0.15, -0.1) is 6.58 Å². The van der Waals surface area contributed by atoms with E-state index in [1.807, 2.05) is 6.08 Å². The summed E-state index contributed by atoms with van der Waals surface area (Å²) in [5, 5.41) is 8.67. The molecule has 2 aromatic rings. The van der Waals surface area contributed by atoms with Crippen LogP contribution in [0.4, 0.5) is 4.39 Å². The Labute approximate surface area is 139 Å². The van der Waals surface area contributed by atoms with Crippen molar-refractivity contribution in [1.29, 1.82) is 5.26 Å². The Morgan fingerprint density at radius 3 is 2.54 bits per heavy atom. The first-order valence-corrected chi connectivity index (χ1v) is 7.39. The van der Waals surface area contributed by atoms with Crippen LogP contribution in [0.2, 0.25) is 0 Å². The molecule has 0 heterocycles. The van der Waals surface area contributed by atoms with Gasteiger partial charge in [-0.2, -0.15) is 5.26 Å². The number of ether oxygens (including phenoxy) is 2. The second-order valence-corrected chi connectivity index (χ2v) is 4.95. The van der Waals surface area contributed by atoms with E-state index in [-0.39, 0.29) is 11.3 Å². The maximum Gasteiger partial charge on any atom is 0.343 e. The van der Waals surface area contributed by atoms with Crippen molar-refractivity contribution in [3.8, 4) is 17.6 Å². The van der Waals surface area contributed by atoms with E-state index in [9.17, 15) is 9.18 Å². The number of halogens is 1. The molecule has 0 amide bonds. The molecule has 122 valence electrons. The number of unbranched alkanes of at least 4 members (excludes halogenated alkanes) is 1. The number of benzene rings is 2. The normalized spacial score (nSPS) is 9.83. The minimum Gasteiger partial charge on any atom is -0.494 e. The quantitative estimate of drug-likeness (QED) is 0.330. The molecule has 0 atom stereocenters. The first-order valence-electron chi connectivity index (χ1n) is 7.39. The maximum absolute atomic E-state index is 13.5. The van der Waals surface area contributed by atoms with Gasteiger partial charge >= 0.3 is 5.97 Å². The smallest absolute Gasteiger partial charge is 0.343 e. The molecule has 0 aliphatic rings. The van der Waals surface area contributed by atoms with Crippen molar-refractivity contribution < 1.29 is 18.7 Å². The van der Waals surface area contributed by atoms with Crippen LogP contribution >= 0.6 is 0 Å². The zero-order valence-corrected chi connectivity index (χ0v) is 13.0. The van der Waals surface area contributed by atoms with E-state index in [2.05, 4.69) is 6.58 Å². The van der Waals surface area contributed by atoms with Crippen LogP contribution in [0.3, 0.4) is 0 Å². The molecule has 0 radical (unpaired) electrons. The summed E-state index contributed by atoms with van der Waals surface area (Å²) in [6, 6.07) is 11.8. The van der Waals surface area contributed by atoms with Gasteiger partial charge in [0.25, 0.3) is 0 Å². The zero-order valence-electron chi connectivity index (χ0n) is 13.0. The molecule has 0 fully saturated rings. The van der Waals surface area contributed by atoms with Crippen molar-refractivity contribution in [3.05, 3.63) is 72.1 Å². The Morgan fingerprint density at radius 2 is 1.92 bits per heavy atom. The summed E-state index contributed by atoms with van der Waals surface area (Å²) in [6.07, 6.45) is 3.58. The highest BCUT2D eigenvalue weighted by Crippen LogP contribution is 2.19. The Bertz CT molecular complexity index is 763.